The SMILES string of the molecule is Fc1cccc(Cl)c1CNc1ccc2ncccc2c1. The van der Waals surface area contributed by atoms with Crippen LogP contribution in [0.2, 0.25) is 5.02 Å². The number of benzene rings is 2. The molecular weight excluding hydrogens is 275 g/mol. The van der Waals surface area contributed by atoms with Gasteiger partial charge in [0.1, 0.15) is 5.82 Å². The van der Waals surface area contributed by atoms with E-state index in [1.807, 2.05) is 30.3 Å². The van der Waals surface area contributed by atoms with Gasteiger partial charge in [0.15, 0.2) is 0 Å². The zero-order valence-corrected chi connectivity index (χ0v) is 11.4. The van der Waals surface area contributed by atoms with Crippen LogP contribution < -0.4 is 5.32 Å². The molecule has 0 aliphatic carbocycles. The number of hydrogen-bond acceptors (Lipinski definition) is 2. The van der Waals surface area contributed by atoms with Gasteiger partial charge >= 0.3 is 0 Å². The Hall–Kier alpha value is -2.13. The summed E-state index contributed by atoms with van der Waals surface area (Å²) in [7, 11) is 0. The van der Waals surface area contributed by atoms with Crippen LogP contribution in [0.1, 0.15) is 5.56 Å². The zero-order valence-electron chi connectivity index (χ0n) is 10.6. The number of pyridine rings is 1. The second kappa shape index (κ2) is 5.47. The van der Waals surface area contributed by atoms with Crippen molar-refractivity contribution in [3.63, 3.8) is 0 Å². The minimum absolute atomic E-state index is 0.299. The van der Waals surface area contributed by atoms with Crippen molar-refractivity contribution < 1.29 is 4.39 Å². The molecule has 0 saturated carbocycles. The Morgan fingerprint density at radius 1 is 1.10 bits per heavy atom. The van der Waals surface area contributed by atoms with Crippen molar-refractivity contribution in [2.75, 3.05) is 5.32 Å². The fourth-order valence-corrected chi connectivity index (χ4v) is 2.31. The molecule has 4 heteroatoms. The first-order chi connectivity index (χ1) is 9.74. The number of anilines is 1. The van der Waals surface area contributed by atoms with Crippen molar-refractivity contribution in [1.82, 2.24) is 4.98 Å². The van der Waals surface area contributed by atoms with Crippen molar-refractivity contribution in [2.45, 2.75) is 6.54 Å². The third-order valence-corrected chi connectivity index (χ3v) is 3.49. The highest BCUT2D eigenvalue weighted by atomic mass is 35.5. The van der Waals surface area contributed by atoms with E-state index < -0.39 is 0 Å². The van der Waals surface area contributed by atoms with Crippen LogP contribution >= 0.6 is 11.6 Å². The first kappa shape index (κ1) is 12.9. The number of nitrogens with one attached hydrogen (secondary N) is 1. The van der Waals surface area contributed by atoms with Crippen molar-refractivity contribution in [1.29, 1.82) is 0 Å². The molecule has 1 heterocycles. The van der Waals surface area contributed by atoms with Crippen LogP contribution in [0.5, 0.6) is 0 Å². The first-order valence-electron chi connectivity index (χ1n) is 6.25. The minimum atomic E-state index is -0.299. The molecule has 3 aromatic rings. The Labute approximate surface area is 121 Å². The Morgan fingerprint density at radius 3 is 2.85 bits per heavy atom. The predicted octanol–water partition coefficient (Wildman–Crippen LogP) is 4.64. The molecule has 3 rings (SSSR count). The Morgan fingerprint density at radius 2 is 2.00 bits per heavy atom. The topological polar surface area (TPSA) is 24.9 Å². The molecule has 1 aromatic heterocycles. The van der Waals surface area contributed by atoms with Crippen molar-refractivity contribution >= 4 is 28.2 Å². The maximum Gasteiger partial charge on any atom is 0.129 e. The van der Waals surface area contributed by atoms with Gasteiger partial charge in [-0.3, -0.25) is 4.98 Å². The molecule has 0 aliphatic heterocycles. The number of halogens is 2. The zero-order chi connectivity index (χ0) is 13.9. The molecule has 0 fully saturated rings. The molecule has 0 spiro atoms. The van der Waals surface area contributed by atoms with E-state index in [4.69, 9.17) is 11.6 Å². The normalized spacial score (nSPS) is 10.7. The number of rotatable bonds is 3. The molecule has 0 aliphatic rings. The Kier molecular flexibility index (Phi) is 3.52. The second-order valence-electron chi connectivity index (χ2n) is 4.46. The number of nitrogens with zero attached hydrogens (tertiary/aromatic N) is 1. The van der Waals surface area contributed by atoms with Gasteiger partial charge in [0, 0.05) is 34.4 Å². The van der Waals surface area contributed by atoms with E-state index >= 15 is 0 Å². The van der Waals surface area contributed by atoms with Gasteiger partial charge in [0.2, 0.25) is 0 Å². The molecule has 0 amide bonds. The number of fused-ring (bicyclic) bond motifs is 1. The fourth-order valence-electron chi connectivity index (χ4n) is 2.08. The van der Waals surface area contributed by atoms with Crippen LogP contribution in [0.25, 0.3) is 10.9 Å². The van der Waals surface area contributed by atoms with Crippen molar-refractivity contribution in [2.24, 2.45) is 0 Å². The van der Waals surface area contributed by atoms with Gasteiger partial charge < -0.3 is 5.32 Å². The molecular formula is C16H12ClFN2. The van der Waals surface area contributed by atoms with Crippen molar-refractivity contribution in [3.05, 3.63) is 71.1 Å². The molecule has 0 radical (unpaired) electrons. The second-order valence-corrected chi connectivity index (χ2v) is 4.87. The lowest BCUT2D eigenvalue weighted by atomic mass is 10.1. The third-order valence-electron chi connectivity index (χ3n) is 3.13. The lowest BCUT2D eigenvalue weighted by molar-refractivity contribution is 0.613. The molecule has 0 atom stereocenters. The van der Waals surface area contributed by atoms with Gasteiger partial charge in [-0.05, 0) is 36.4 Å². The summed E-state index contributed by atoms with van der Waals surface area (Å²) in [6, 6.07) is 14.4. The van der Waals surface area contributed by atoms with E-state index in [-0.39, 0.29) is 5.82 Å². The molecule has 1 N–H and O–H groups in total. The summed E-state index contributed by atoms with van der Waals surface area (Å²) in [6.07, 6.45) is 1.76. The molecule has 2 aromatic carbocycles. The van der Waals surface area contributed by atoms with Crippen LogP contribution in [0.15, 0.2) is 54.7 Å². The summed E-state index contributed by atoms with van der Waals surface area (Å²) in [4.78, 5) is 4.26. The summed E-state index contributed by atoms with van der Waals surface area (Å²) in [5.74, 6) is -0.299. The molecule has 0 bridgehead atoms. The summed E-state index contributed by atoms with van der Waals surface area (Å²) < 4.78 is 13.7. The van der Waals surface area contributed by atoms with E-state index in [0.29, 0.717) is 17.1 Å². The van der Waals surface area contributed by atoms with Crippen LogP contribution in [-0.2, 0) is 6.54 Å². The highest BCUT2D eigenvalue weighted by Crippen LogP contribution is 2.22. The van der Waals surface area contributed by atoms with Crippen molar-refractivity contribution in [3.8, 4) is 0 Å². The van der Waals surface area contributed by atoms with E-state index in [2.05, 4.69) is 10.3 Å². The largest absolute Gasteiger partial charge is 0.381 e. The smallest absolute Gasteiger partial charge is 0.129 e. The Bertz CT molecular complexity index is 738. The lowest BCUT2D eigenvalue weighted by Crippen LogP contribution is -2.02. The number of hydrogen-bond donors (Lipinski definition) is 1. The van der Waals surface area contributed by atoms with Crippen LogP contribution in [-0.4, -0.2) is 4.98 Å². The molecule has 2 nitrogen and oxygen atoms in total. The van der Waals surface area contributed by atoms with Gasteiger partial charge in [-0.15, -0.1) is 0 Å². The van der Waals surface area contributed by atoms with Gasteiger partial charge in [0.05, 0.1) is 5.52 Å². The molecule has 0 unspecified atom stereocenters. The lowest BCUT2D eigenvalue weighted by Gasteiger charge is -2.09. The summed E-state index contributed by atoms with van der Waals surface area (Å²) in [5.41, 5.74) is 2.31. The monoisotopic (exact) mass is 286 g/mol. The van der Waals surface area contributed by atoms with Gasteiger partial charge in [-0.1, -0.05) is 23.7 Å². The van der Waals surface area contributed by atoms with Gasteiger partial charge in [-0.25, -0.2) is 4.39 Å². The average Bonchev–Trinajstić information content (AvgIpc) is 2.46. The van der Waals surface area contributed by atoms with E-state index in [1.54, 1.807) is 18.3 Å². The van der Waals surface area contributed by atoms with Gasteiger partial charge in [-0.2, -0.15) is 0 Å². The highest BCUT2D eigenvalue weighted by molar-refractivity contribution is 6.31. The molecule has 20 heavy (non-hydrogen) atoms. The highest BCUT2D eigenvalue weighted by Gasteiger charge is 2.06. The first-order valence-corrected chi connectivity index (χ1v) is 6.63. The fraction of sp³-hybridized carbons (Fsp3) is 0.0625. The maximum absolute atomic E-state index is 13.7. The van der Waals surface area contributed by atoms with Crippen LogP contribution in [0.3, 0.4) is 0 Å². The van der Waals surface area contributed by atoms with E-state index in [0.717, 1.165) is 16.6 Å². The molecule has 100 valence electrons. The Balaban J connectivity index is 1.83. The van der Waals surface area contributed by atoms with Crippen LogP contribution in [0, 0.1) is 5.82 Å². The average molecular weight is 287 g/mol. The summed E-state index contributed by atoms with van der Waals surface area (Å²) in [5, 5.41) is 4.65. The quantitative estimate of drug-likeness (QED) is 0.759. The van der Waals surface area contributed by atoms with E-state index in [1.165, 1.54) is 6.07 Å². The van der Waals surface area contributed by atoms with Crippen LogP contribution in [0.4, 0.5) is 10.1 Å². The minimum Gasteiger partial charge on any atom is -0.381 e. The molecule has 0 saturated heterocycles. The standard InChI is InChI=1S/C16H12ClFN2/c17-14-4-1-5-15(18)13(14)10-20-12-6-7-16-11(9-12)3-2-8-19-16/h1-9,20H,10H2. The summed E-state index contributed by atoms with van der Waals surface area (Å²) in [6.45, 7) is 0.345. The third kappa shape index (κ3) is 2.58. The van der Waals surface area contributed by atoms with Gasteiger partial charge in [0.25, 0.3) is 0 Å². The van der Waals surface area contributed by atoms with E-state index in [9.17, 15) is 4.39 Å². The summed E-state index contributed by atoms with van der Waals surface area (Å²) >= 11 is 6.00. The number of aromatic nitrogens is 1. The maximum atomic E-state index is 13.7. The predicted molar refractivity (Wildman–Crippen MR) is 80.5 cm³/mol.